The minimum Gasteiger partial charge on any atom is -0.465 e. The summed E-state index contributed by atoms with van der Waals surface area (Å²) >= 11 is 2.14. The second-order valence-corrected chi connectivity index (χ2v) is 6.60. The molecule has 2 aromatic heterocycles. The summed E-state index contributed by atoms with van der Waals surface area (Å²) in [6.07, 6.45) is 2.30. The van der Waals surface area contributed by atoms with Crippen LogP contribution in [0.4, 0.5) is 10.6 Å². The van der Waals surface area contributed by atoms with E-state index in [1.54, 1.807) is 4.90 Å². The number of anilines is 1. The summed E-state index contributed by atoms with van der Waals surface area (Å²) in [6.45, 7) is 0.573. The number of carboxylic acid groups (broad SMARTS) is 1. The Labute approximate surface area is 133 Å². The Morgan fingerprint density at radius 3 is 2.90 bits per heavy atom. The van der Waals surface area contributed by atoms with Crippen LogP contribution < -0.4 is 5.73 Å². The molecule has 0 spiro atoms. The van der Waals surface area contributed by atoms with Crippen molar-refractivity contribution in [3.8, 4) is 0 Å². The Bertz CT molecular complexity index is 747. The quantitative estimate of drug-likeness (QED) is 0.699. The van der Waals surface area contributed by atoms with Gasteiger partial charge in [-0.15, -0.1) is 0 Å². The number of amides is 1. The van der Waals surface area contributed by atoms with E-state index in [9.17, 15) is 4.79 Å². The van der Waals surface area contributed by atoms with Crippen molar-refractivity contribution in [3.63, 3.8) is 0 Å². The molecule has 3 unspecified atom stereocenters. The molecule has 1 saturated carbocycles. The van der Waals surface area contributed by atoms with Crippen LogP contribution in [0.5, 0.6) is 0 Å². The second-order valence-electron chi connectivity index (χ2n) is 5.58. The number of piperidine rings is 1. The summed E-state index contributed by atoms with van der Waals surface area (Å²) < 4.78 is 2.71. The van der Waals surface area contributed by atoms with E-state index in [0.29, 0.717) is 18.3 Å². The molecule has 0 radical (unpaired) electrons. The first-order chi connectivity index (χ1) is 10.1. The van der Waals surface area contributed by atoms with Gasteiger partial charge in [0.25, 0.3) is 0 Å². The average molecular weight is 400 g/mol. The third kappa shape index (κ3) is 1.79. The number of likely N-dealkylation sites (tertiary alicyclic amines) is 1. The molecular formula is C12H13IN6O2. The molecule has 3 atom stereocenters. The number of rotatable bonds is 1. The van der Waals surface area contributed by atoms with Crippen molar-refractivity contribution in [1.82, 2.24) is 24.6 Å². The van der Waals surface area contributed by atoms with Crippen molar-refractivity contribution in [1.29, 1.82) is 0 Å². The molecule has 3 N–H and O–H groups in total. The van der Waals surface area contributed by atoms with Crippen LogP contribution >= 0.6 is 22.6 Å². The lowest BCUT2D eigenvalue weighted by atomic mass is 10.0. The molecular weight excluding hydrogens is 387 g/mol. The van der Waals surface area contributed by atoms with E-state index in [0.717, 1.165) is 27.6 Å². The summed E-state index contributed by atoms with van der Waals surface area (Å²) in [5.41, 5.74) is 6.65. The molecule has 21 heavy (non-hydrogen) atoms. The summed E-state index contributed by atoms with van der Waals surface area (Å²) in [5.74, 6) is 0.729. The van der Waals surface area contributed by atoms with E-state index in [1.165, 1.54) is 6.33 Å². The monoisotopic (exact) mass is 400 g/mol. The molecule has 1 aliphatic carbocycles. The molecule has 1 aliphatic heterocycles. The lowest BCUT2D eigenvalue weighted by molar-refractivity contribution is 0.120. The number of nitrogen functional groups attached to an aromatic ring is 1. The smallest absolute Gasteiger partial charge is 0.407 e. The Balaban J connectivity index is 1.74. The lowest BCUT2D eigenvalue weighted by Gasteiger charge is -2.29. The zero-order valence-electron chi connectivity index (χ0n) is 11.0. The van der Waals surface area contributed by atoms with Crippen LogP contribution in [0.3, 0.4) is 0 Å². The maximum atomic E-state index is 11.2. The number of hydrogen-bond donors (Lipinski definition) is 2. The van der Waals surface area contributed by atoms with Crippen LogP contribution in [0.25, 0.3) is 11.0 Å². The minimum atomic E-state index is -0.826. The van der Waals surface area contributed by atoms with Gasteiger partial charge in [-0.25, -0.2) is 19.4 Å². The molecule has 2 aromatic rings. The van der Waals surface area contributed by atoms with Crippen molar-refractivity contribution in [2.45, 2.75) is 24.9 Å². The fourth-order valence-corrected chi connectivity index (χ4v) is 4.39. The van der Waals surface area contributed by atoms with Gasteiger partial charge in [-0.1, -0.05) is 0 Å². The van der Waals surface area contributed by atoms with Gasteiger partial charge >= 0.3 is 6.09 Å². The maximum Gasteiger partial charge on any atom is 0.407 e. The summed E-state index contributed by atoms with van der Waals surface area (Å²) in [5, 5.41) is 14.5. The molecule has 4 rings (SSSR count). The Kier molecular flexibility index (Phi) is 2.75. The van der Waals surface area contributed by atoms with Crippen molar-refractivity contribution in [2.75, 3.05) is 12.3 Å². The second kappa shape index (κ2) is 4.42. The zero-order valence-corrected chi connectivity index (χ0v) is 13.1. The third-order valence-corrected chi connectivity index (χ3v) is 5.29. The Morgan fingerprint density at radius 1 is 1.43 bits per heavy atom. The van der Waals surface area contributed by atoms with Gasteiger partial charge in [0.15, 0.2) is 5.65 Å². The molecule has 2 fully saturated rings. The number of carbonyl (C=O) groups is 1. The Morgan fingerprint density at radius 2 is 2.24 bits per heavy atom. The number of hydrogen-bond acceptors (Lipinski definition) is 5. The Hall–Kier alpha value is -1.65. The van der Waals surface area contributed by atoms with Crippen molar-refractivity contribution in [2.24, 2.45) is 5.92 Å². The van der Waals surface area contributed by atoms with E-state index in [1.807, 2.05) is 4.68 Å². The molecule has 2 bridgehead atoms. The summed E-state index contributed by atoms with van der Waals surface area (Å²) in [4.78, 5) is 21.0. The van der Waals surface area contributed by atoms with Gasteiger partial charge in [-0.2, -0.15) is 5.10 Å². The maximum absolute atomic E-state index is 11.2. The van der Waals surface area contributed by atoms with Crippen molar-refractivity contribution >= 4 is 45.5 Å². The molecule has 9 heteroatoms. The van der Waals surface area contributed by atoms with E-state index in [4.69, 9.17) is 10.8 Å². The van der Waals surface area contributed by atoms with Gasteiger partial charge < -0.3 is 15.7 Å². The largest absolute Gasteiger partial charge is 0.465 e. The predicted octanol–water partition coefficient (Wildman–Crippen LogP) is 1.33. The van der Waals surface area contributed by atoms with E-state index in [-0.39, 0.29) is 12.1 Å². The van der Waals surface area contributed by atoms with E-state index in [2.05, 4.69) is 37.7 Å². The molecule has 3 heterocycles. The third-order valence-electron chi connectivity index (χ3n) is 4.54. The number of nitrogens with two attached hydrogens (primary N) is 1. The minimum absolute atomic E-state index is 0.0913. The molecule has 2 aliphatic rings. The van der Waals surface area contributed by atoms with Gasteiger partial charge in [0.05, 0.1) is 11.4 Å². The van der Waals surface area contributed by atoms with E-state index < -0.39 is 6.09 Å². The normalized spacial score (nSPS) is 27.7. The average Bonchev–Trinajstić information content (AvgIpc) is 3.11. The van der Waals surface area contributed by atoms with Crippen LogP contribution in [0.1, 0.15) is 18.9 Å². The first-order valence-corrected chi connectivity index (χ1v) is 7.78. The first kappa shape index (κ1) is 13.0. The first-order valence-electron chi connectivity index (χ1n) is 6.70. The molecule has 110 valence electrons. The zero-order chi connectivity index (χ0) is 14.7. The van der Waals surface area contributed by atoms with Crippen LogP contribution in [-0.4, -0.2) is 48.4 Å². The van der Waals surface area contributed by atoms with Gasteiger partial charge in [-0.3, -0.25) is 0 Å². The van der Waals surface area contributed by atoms with Gasteiger partial charge in [0.1, 0.15) is 15.8 Å². The van der Waals surface area contributed by atoms with Crippen molar-refractivity contribution < 1.29 is 9.90 Å². The van der Waals surface area contributed by atoms with Gasteiger partial charge in [-0.05, 0) is 35.4 Å². The van der Waals surface area contributed by atoms with Gasteiger partial charge in [0.2, 0.25) is 0 Å². The van der Waals surface area contributed by atoms with Crippen LogP contribution in [-0.2, 0) is 0 Å². The number of fused-ring (bicyclic) bond motifs is 3. The highest BCUT2D eigenvalue weighted by Crippen LogP contribution is 2.45. The van der Waals surface area contributed by atoms with Crippen LogP contribution in [0.2, 0.25) is 0 Å². The van der Waals surface area contributed by atoms with Crippen LogP contribution in [0, 0.1) is 9.62 Å². The lowest BCUT2D eigenvalue weighted by Crippen LogP contribution is -2.39. The van der Waals surface area contributed by atoms with Gasteiger partial charge in [0, 0.05) is 18.5 Å². The fourth-order valence-electron chi connectivity index (χ4n) is 3.64. The van der Waals surface area contributed by atoms with E-state index >= 15 is 0 Å². The number of nitrogens with zero attached hydrogens (tertiary/aromatic N) is 5. The molecule has 1 saturated heterocycles. The highest BCUT2D eigenvalue weighted by atomic mass is 127. The molecule has 0 aromatic carbocycles. The fraction of sp³-hybridized carbons (Fsp3) is 0.500. The van der Waals surface area contributed by atoms with Crippen LogP contribution in [0.15, 0.2) is 6.33 Å². The molecule has 8 nitrogen and oxygen atoms in total. The standard InChI is InChI=1S/C12H13IN6O2/c13-9-8-10(14)15-4-16-11(8)19(17-9)7-2-6-1-5(7)3-18(6)12(20)21/h4-7H,1-3H2,(H,20,21)(H2,14,15,16). The predicted molar refractivity (Wildman–Crippen MR) is 82.7 cm³/mol. The summed E-state index contributed by atoms with van der Waals surface area (Å²) in [6, 6.07) is 0.277. The highest BCUT2D eigenvalue weighted by molar-refractivity contribution is 14.1. The number of halogens is 1. The summed E-state index contributed by atoms with van der Waals surface area (Å²) in [7, 11) is 0. The van der Waals surface area contributed by atoms with Crippen molar-refractivity contribution in [3.05, 3.63) is 10.0 Å². The molecule has 1 amide bonds. The number of aromatic nitrogens is 4. The topological polar surface area (TPSA) is 110 Å². The SMILES string of the molecule is Nc1ncnc2c1c(I)nn2C1CC2CC1CN2C(=O)O. The highest BCUT2D eigenvalue weighted by Gasteiger charge is 2.48.